The minimum Gasteiger partial charge on any atom is -0.346 e. The first-order chi connectivity index (χ1) is 11.5. The Morgan fingerprint density at radius 1 is 1.21 bits per heavy atom. The highest BCUT2D eigenvalue weighted by molar-refractivity contribution is 6.12. The summed E-state index contributed by atoms with van der Waals surface area (Å²) in [5.74, 6) is -0.605. The SMILES string of the molecule is Cc1cnc(CNC(=O)c2ccc(N3CC(=O)NC3=O)cc2)cn1. The molecule has 1 aliphatic heterocycles. The van der Waals surface area contributed by atoms with Gasteiger partial charge in [0.15, 0.2) is 0 Å². The number of aryl methyl sites for hydroxylation is 1. The highest BCUT2D eigenvalue weighted by Crippen LogP contribution is 2.17. The Bertz CT molecular complexity index is 786. The molecule has 4 amide bonds. The van der Waals surface area contributed by atoms with Crippen molar-refractivity contribution < 1.29 is 14.4 Å². The molecule has 2 aromatic rings. The lowest BCUT2D eigenvalue weighted by atomic mass is 10.2. The number of carbonyl (C=O) groups excluding carboxylic acids is 3. The van der Waals surface area contributed by atoms with Crippen molar-refractivity contribution in [1.82, 2.24) is 20.6 Å². The van der Waals surface area contributed by atoms with Crippen LogP contribution in [0.25, 0.3) is 0 Å². The lowest BCUT2D eigenvalue weighted by Gasteiger charge is -2.13. The second-order valence-electron chi connectivity index (χ2n) is 5.32. The second kappa shape index (κ2) is 6.45. The number of benzene rings is 1. The van der Waals surface area contributed by atoms with Crippen LogP contribution < -0.4 is 15.5 Å². The van der Waals surface area contributed by atoms with Gasteiger partial charge in [-0.3, -0.25) is 29.8 Å². The van der Waals surface area contributed by atoms with Crippen molar-refractivity contribution in [3.8, 4) is 0 Å². The van der Waals surface area contributed by atoms with Crippen LogP contribution in [0.2, 0.25) is 0 Å². The van der Waals surface area contributed by atoms with E-state index in [9.17, 15) is 14.4 Å². The molecule has 1 aromatic carbocycles. The lowest BCUT2D eigenvalue weighted by Crippen LogP contribution is -2.28. The second-order valence-corrected chi connectivity index (χ2v) is 5.32. The first kappa shape index (κ1) is 15.6. The fraction of sp³-hybridized carbons (Fsp3) is 0.188. The molecule has 8 heteroatoms. The van der Waals surface area contributed by atoms with Crippen molar-refractivity contribution >= 4 is 23.5 Å². The molecular weight excluding hydrogens is 310 g/mol. The van der Waals surface area contributed by atoms with Gasteiger partial charge >= 0.3 is 6.03 Å². The number of urea groups is 1. The van der Waals surface area contributed by atoms with E-state index in [1.165, 1.54) is 4.90 Å². The van der Waals surface area contributed by atoms with Gasteiger partial charge in [0.2, 0.25) is 5.91 Å². The maximum Gasteiger partial charge on any atom is 0.329 e. The van der Waals surface area contributed by atoms with E-state index in [0.717, 1.165) is 5.69 Å². The number of aromatic nitrogens is 2. The molecule has 1 saturated heterocycles. The van der Waals surface area contributed by atoms with E-state index < -0.39 is 6.03 Å². The van der Waals surface area contributed by atoms with Gasteiger partial charge in [-0.1, -0.05) is 0 Å². The molecule has 0 bridgehead atoms. The van der Waals surface area contributed by atoms with Crippen LogP contribution in [-0.2, 0) is 11.3 Å². The van der Waals surface area contributed by atoms with Crippen molar-refractivity contribution in [2.75, 3.05) is 11.4 Å². The highest BCUT2D eigenvalue weighted by atomic mass is 16.2. The summed E-state index contributed by atoms with van der Waals surface area (Å²) in [4.78, 5) is 44.5. The van der Waals surface area contributed by atoms with Crippen LogP contribution >= 0.6 is 0 Å². The Kier molecular flexibility index (Phi) is 4.19. The van der Waals surface area contributed by atoms with Gasteiger partial charge in [-0.05, 0) is 31.2 Å². The molecule has 1 fully saturated rings. The number of hydrogen-bond acceptors (Lipinski definition) is 5. The van der Waals surface area contributed by atoms with Gasteiger partial charge in [0.25, 0.3) is 5.91 Å². The van der Waals surface area contributed by atoms with Gasteiger partial charge < -0.3 is 5.32 Å². The van der Waals surface area contributed by atoms with Crippen LogP contribution in [0.1, 0.15) is 21.7 Å². The van der Waals surface area contributed by atoms with E-state index >= 15 is 0 Å². The minimum atomic E-state index is -0.463. The highest BCUT2D eigenvalue weighted by Gasteiger charge is 2.27. The van der Waals surface area contributed by atoms with Crippen LogP contribution in [0.5, 0.6) is 0 Å². The van der Waals surface area contributed by atoms with E-state index in [2.05, 4.69) is 20.6 Å². The smallest absolute Gasteiger partial charge is 0.329 e. The topological polar surface area (TPSA) is 104 Å². The third-order valence-corrected chi connectivity index (χ3v) is 3.50. The molecule has 8 nitrogen and oxygen atoms in total. The number of hydrogen-bond donors (Lipinski definition) is 2. The molecule has 0 radical (unpaired) electrons. The molecule has 2 N–H and O–H groups in total. The van der Waals surface area contributed by atoms with Gasteiger partial charge in [-0.2, -0.15) is 0 Å². The quantitative estimate of drug-likeness (QED) is 0.808. The number of amides is 4. The maximum atomic E-state index is 12.1. The number of imide groups is 1. The molecule has 0 spiro atoms. The largest absolute Gasteiger partial charge is 0.346 e. The molecular formula is C16H15N5O3. The summed E-state index contributed by atoms with van der Waals surface area (Å²) in [6.07, 6.45) is 3.25. The monoisotopic (exact) mass is 325 g/mol. The standard InChI is InChI=1S/C16H15N5O3/c1-10-6-18-12(7-17-10)8-19-15(23)11-2-4-13(5-3-11)21-9-14(22)20-16(21)24/h2-7H,8-9H2,1H3,(H,19,23)(H,20,22,24). The average Bonchev–Trinajstić information content (AvgIpc) is 2.92. The third kappa shape index (κ3) is 3.37. The first-order valence-corrected chi connectivity index (χ1v) is 7.30. The van der Waals surface area contributed by atoms with Crippen LogP contribution in [0.3, 0.4) is 0 Å². The molecule has 24 heavy (non-hydrogen) atoms. The molecule has 122 valence electrons. The Balaban J connectivity index is 1.62. The zero-order chi connectivity index (χ0) is 17.1. The first-order valence-electron chi connectivity index (χ1n) is 7.30. The van der Waals surface area contributed by atoms with Crippen molar-refractivity contribution in [3.63, 3.8) is 0 Å². The molecule has 2 heterocycles. The fourth-order valence-electron chi connectivity index (χ4n) is 2.23. The van der Waals surface area contributed by atoms with Gasteiger partial charge in [-0.25, -0.2) is 4.79 Å². The summed E-state index contributed by atoms with van der Waals surface area (Å²) in [6.45, 7) is 2.10. The summed E-state index contributed by atoms with van der Waals surface area (Å²) in [5, 5.41) is 4.95. The van der Waals surface area contributed by atoms with Crippen LogP contribution in [0.4, 0.5) is 10.5 Å². The molecule has 0 atom stereocenters. The van der Waals surface area contributed by atoms with Crippen LogP contribution in [0.15, 0.2) is 36.7 Å². The van der Waals surface area contributed by atoms with Gasteiger partial charge in [-0.15, -0.1) is 0 Å². The Labute approximate surface area is 137 Å². The Morgan fingerprint density at radius 2 is 1.96 bits per heavy atom. The summed E-state index contributed by atoms with van der Waals surface area (Å²) >= 11 is 0. The maximum absolute atomic E-state index is 12.1. The van der Waals surface area contributed by atoms with E-state index in [1.54, 1.807) is 36.7 Å². The van der Waals surface area contributed by atoms with Crippen LogP contribution in [-0.4, -0.2) is 34.4 Å². The zero-order valence-corrected chi connectivity index (χ0v) is 12.9. The van der Waals surface area contributed by atoms with Crippen LogP contribution in [0, 0.1) is 6.92 Å². The minimum absolute atomic E-state index is 0.0174. The molecule has 3 rings (SSSR count). The lowest BCUT2D eigenvalue weighted by molar-refractivity contribution is -0.117. The Hall–Kier alpha value is -3.29. The number of rotatable bonds is 4. The van der Waals surface area contributed by atoms with E-state index in [4.69, 9.17) is 0 Å². The average molecular weight is 325 g/mol. The predicted molar refractivity (Wildman–Crippen MR) is 85.3 cm³/mol. The van der Waals surface area contributed by atoms with E-state index in [1.807, 2.05) is 6.92 Å². The Morgan fingerprint density at radius 3 is 2.54 bits per heavy atom. The van der Waals surface area contributed by atoms with Gasteiger partial charge in [0, 0.05) is 17.4 Å². The fourth-order valence-corrected chi connectivity index (χ4v) is 2.23. The van der Waals surface area contributed by atoms with E-state index in [-0.39, 0.29) is 24.9 Å². The zero-order valence-electron chi connectivity index (χ0n) is 12.9. The number of nitrogens with one attached hydrogen (secondary N) is 2. The van der Waals surface area contributed by atoms with Crippen molar-refractivity contribution in [2.24, 2.45) is 0 Å². The molecule has 0 unspecified atom stereocenters. The van der Waals surface area contributed by atoms with Crippen molar-refractivity contribution in [1.29, 1.82) is 0 Å². The normalized spacial score (nSPS) is 13.8. The molecule has 1 aliphatic rings. The number of nitrogens with zero attached hydrogens (tertiary/aromatic N) is 3. The predicted octanol–water partition coefficient (Wildman–Crippen LogP) is 0.771. The van der Waals surface area contributed by atoms with Gasteiger partial charge in [0.05, 0.1) is 24.1 Å². The summed E-state index contributed by atoms with van der Waals surface area (Å²) in [6, 6.07) is 5.98. The number of anilines is 1. The summed E-state index contributed by atoms with van der Waals surface area (Å²) in [7, 11) is 0. The van der Waals surface area contributed by atoms with Gasteiger partial charge in [0.1, 0.15) is 6.54 Å². The van der Waals surface area contributed by atoms with E-state index in [0.29, 0.717) is 16.9 Å². The van der Waals surface area contributed by atoms with Crippen molar-refractivity contribution in [2.45, 2.75) is 13.5 Å². The molecule has 0 aliphatic carbocycles. The summed E-state index contributed by atoms with van der Waals surface area (Å²) in [5.41, 5.74) is 2.48. The summed E-state index contributed by atoms with van der Waals surface area (Å²) < 4.78 is 0. The van der Waals surface area contributed by atoms with Crippen molar-refractivity contribution in [3.05, 3.63) is 53.6 Å². The number of carbonyl (C=O) groups is 3. The third-order valence-electron chi connectivity index (χ3n) is 3.50. The molecule has 1 aromatic heterocycles. The molecule has 0 saturated carbocycles.